The number of nitrogens with one attached hydrogen (secondary N) is 1. The fraction of sp³-hybridized carbons (Fsp3) is 1.00. The molecule has 0 rings (SSSR count). The van der Waals surface area contributed by atoms with Crippen LogP contribution in [0.1, 0.15) is 58.3 Å². The normalized spacial score (nSPS) is 11.3. The minimum absolute atomic E-state index is 0. The van der Waals surface area contributed by atoms with E-state index in [1.165, 1.54) is 38.5 Å². The molecule has 4 nitrogen and oxygen atoms in total. The van der Waals surface area contributed by atoms with Crippen molar-refractivity contribution in [2.75, 3.05) is 13.1 Å². The first kappa shape index (κ1) is 19.5. The van der Waals surface area contributed by atoms with Crippen LogP contribution in [0.4, 0.5) is 0 Å². The molecule has 0 amide bonds. The van der Waals surface area contributed by atoms with E-state index in [1.807, 2.05) is 0 Å². The van der Waals surface area contributed by atoms with Gasteiger partial charge in [0.2, 0.25) is 0 Å². The topological polar surface area (TPSA) is 72.7 Å². The smallest absolute Gasteiger partial charge is 0.288 e. The van der Waals surface area contributed by atoms with Gasteiger partial charge in [-0.1, -0.05) is 51.9 Å². The van der Waals surface area contributed by atoms with E-state index in [9.17, 15) is 0 Å². The summed E-state index contributed by atoms with van der Waals surface area (Å²) in [4.78, 5) is 0. The Hall–Kier alpha value is 0.130. The van der Waals surface area contributed by atoms with Gasteiger partial charge in [0, 0.05) is 0 Å². The average molecular weight is 270 g/mol. The van der Waals surface area contributed by atoms with E-state index >= 15 is 0 Å². The van der Waals surface area contributed by atoms with Crippen molar-refractivity contribution in [1.29, 1.82) is 0 Å². The quantitative estimate of drug-likeness (QED) is 0.341. The second-order valence-corrected chi connectivity index (χ2v) is 4.43. The van der Waals surface area contributed by atoms with Crippen molar-refractivity contribution in [3.8, 4) is 0 Å². The van der Waals surface area contributed by atoms with Crippen molar-refractivity contribution in [3.63, 3.8) is 0 Å². The van der Waals surface area contributed by atoms with E-state index in [0.29, 0.717) is 0 Å². The summed E-state index contributed by atoms with van der Waals surface area (Å²) in [5, 5.41) is 28.6. The number of hydrogen-bond donors (Lipinski definition) is 4. The average Bonchev–Trinajstić information content (AvgIpc) is 2.19. The van der Waals surface area contributed by atoms with Gasteiger partial charge in [-0.15, -0.1) is 12.4 Å². The standard InChI is InChI=1S/C12H27NO3.ClH/c1-2-3-4-5-6-7-8-9-10-13-11-12(14,15)16;/h13-16H,2-11H2,1H3;1H. The van der Waals surface area contributed by atoms with Gasteiger partial charge in [-0.2, -0.15) is 0 Å². The lowest BCUT2D eigenvalue weighted by molar-refractivity contribution is -0.306. The first-order valence-corrected chi connectivity index (χ1v) is 6.44. The lowest BCUT2D eigenvalue weighted by Gasteiger charge is -2.14. The van der Waals surface area contributed by atoms with Crippen molar-refractivity contribution < 1.29 is 15.3 Å². The SMILES string of the molecule is CCCCCCCCCCNCC(O)(O)O.Cl. The Bertz CT molecular complexity index is 151. The predicted octanol–water partition coefficient (Wildman–Crippen LogP) is 1.77. The van der Waals surface area contributed by atoms with Gasteiger partial charge in [-0.25, -0.2) is 0 Å². The molecule has 0 fully saturated rings. The lowest BCUT2D eigenvalue weighted by atomic mass is 10.1. The van der Waals surface area contributed by atoms with Crippen LogP contribution in [0, 0.1) is 0 Å². The summed E-state index contributed by atoms with van der Waals surface area (Å²) in [6, 6.07) is 0. The molecule has 0 saturated heterocycles. The zero-order valence-electron chi connectivity index (χ0n) is 10.8. The highest BCUT2D eigenvalue weighted by atomic mass is 35.5. The second kappa shape index (κ2) is 12.6. The maximum Gasteiger partial charge on any atom is 0.288 e. The molecule has 0 spiro atoms. The van der Waals surface area contributed by atoms with Crippen molar-refractivity contribution in [3.05, 3.63) is 0 Å². The van der Waals surface area contributed by atoms with E-state index in [-0.39, 0.29) is 19.0 Å². The van der Waals surface area contributed by atoms with E-state index in [0.717, 1.165) is 19.4 Å². The summed E-state index contributed by atoms with van der Waals surface area (Å²) < 4.78 is 0. The first-order chi connectivity index (χ1) is 7.56. The molecule has 0 aliphatic carbocycles. The Morgan fingerprint density at radius 3 is 1.76 bits per heavy atom. The van der Waals surface area contributed by atoms with Crippen molar-refractivity contribution in [2.45, 2.75) is 64.3 Å². The predicted molar refractivity (Wildman–Crippen MR) is 72.1 cm³/mol. The Morgan fingerprint density at radius 1 is 0.824 bits per heavy atom. The molecule has 17 heavy (non-hydrogen) atoms. The second-order valence-electron chi connectivity index (χ2n) is 4.43. The van der Waals surface area contributed by atoms with Crippen LogP contribution in [-0.4, -0.2) is 34.4 Å². The van der Waals surface area contributed by atoms with Gasteiger partial charge >= 0.3 is 0 Å². The van der Waals surface area contributed by atoms with Crippen LogP contribution in [0.15, 0.2) is 0 Å². The van der Waals surface area contributed by atoms with E-state index in [2.05, 4.69) is 12.2 Å². The molecule has 0 aliphatic rings. The molecule has 0 aliphatic heterocycles. The Kier molecular flexibility index (Phi) is 14.4. The number of halogens is 1. The zero-order valence-corrected chi connectivity index (χ0v) is 11.6. The highest BCUT2D eigenvalue weighted by Crippen LogP contribution is 2.07. The Morgan fingerprint density at radius 2 is 1.29 bits per heavy atom. The third-order valence-corrected chi connectivity index (χ3v) is 2.57. The van der Waals surface area contributed by atoms with E-state index < -0.39 is 5.97 Å². The van der Waals surface area contributed by atoms with Gasteiger partial charge in [0.1, 0.15) is 0 Å². The highest BCUT2D eigenvalue weighted by molar-refractivity contribution is 5.85. The molecule has 0 unspecified atom stereocenters. The van der Waals surface area contributed by atoms with E-state index in [1.54, 1.807) is 0 Å². The summed E-state index contributed by atoms with van der Waals surface area (Å²) in [6.45, 7) is 2.75. The van der Waals surface area contributed by atoms with Gasteiger partial charge in [0.15, 0.2) is 0 Å². The number of hydrogen-bond acceptors (Lipinski definition) is 4. The summed E-state index contributed by atoms with van der Waals surface area (Å²) in [6.07, 6.45) is 10.0. The molecule has 0 bridgehead atoms. The molecule has 106 valence electrons. The van der Waals surface area contributed by atoms with Crippen LogP contribution in [-0.2, 0) is 0 Å². The number of unbranched alkanes of at least 4 members (excludes halogenated alkanes) is 7. The maximum atomic E-state index is 8.59. The lowest BCUT2D eigenvalue weighted by Crippen LogP contribution is -2.40. The van der Waals surface area contributed by atoms with Gasteiger partial charge in [0.05, 0.1) is 6.54 Å². The molecule has 0 atom stereocenters. The third-order valence-electron chi connectivity index (χ3n) is 2.57. The van der Waals surface area contributed by atoms with Gasteiger partial charge in [-0.05, 0) is 13.0 Å². The van der Waals surface area contributed by atoms with Crippen LogP contribution >= 0.6 is 12.4 Å². The molecular weight excluding hydrogens is 242 g/mol. The molecular formula is C12H28ClNO3. The molecule has 0 aromatic heterocycles. The first-order valence-electron chi connectivity index (χ1n) is 6.44. The minimum atomic E-state index is -2.57. The molecule has 0 saturated carbocycles. The highest BCUT2D eigenvalue weighted by Gasteiger charge is 2.15. The van der Waals surface area contributed by atoms with Crippen molar-refractivity contribution >= 4 is 12.4 Å². The molecule has 0 aromatic rings. The van der Waals surface area contributed by atoms with Crippen molar-refractivity contribution in [2.24, 2.45) is 0 Å². The van der Waals surface area contributed by atoms with Gasteiger partial charge in [-0.3, -0.25) is 0 Å². The molecule has 4 N–H and O–H groups in total. The Balaban J connectivity index is 0. The third kappa shape index (κ3) is 18.7. The van der Waals surface area contributed by atoms with Crippen LogP contribution in [0.25, 0.3) is 0 Å². The molecule has 0 aromatic carbocycles. The number of rotatable bonds is 11. The minimum Gasteiger partial charge on any atom is -0.343 e. The van der Waals surface area contributed by atoms with Crippen LogP contribution in [0.2, 0.25) is 0 Å². The van der Waals surface area contributed by atoms with Crippen LogP contribution in [0.5, 0.6) is 0 Å². The fourth-order valence-corrected chi connectivity index (χ4v) is 1.64. The molecule has 5 heteroatoms. The molecule has 0 heterocycles. The summed E-state index contributed by atoms with van der Waals surface area (Å²) in [5.74, 6) is -2.57. The van der Waals surface area contributed by atoms with E-state index in [4.69, 9.17) is 15.3 Å². The van der Waals surface area contributed by atoms with Crippen LogP contribution in [0.3, 0.4) is 0 Å². The van der Waals surface area contributed by atoms with Crippen LogP contribution < -0.4 is 5.32 Å². The summed E-state index contributed by atoms with van der Waals surface area (Å²) >= 11 is 0. The van der Waals surface area contributed by atoms with Gasteiger partial charge < -0.3 is 20.6 Å². The van der Waals surface area contributed by atoms with Gasteiger partial charge in [0.25, 0.3) is 5.97 Å². The monoisotopic (exact) mass is 269 g/mol. The summed E-state index contributed by atoms with van der Waals surface area (Å²) in [5.41, 5.74) is 0. The zero-order chi connectivity index (χ0) is 12.3. The maximum absolute atomic E-state index is 8.59. The summed E-state index contributed by atoms with van der Waals surface area (Å²) in [7, 11) is 0. The largest absolute Gasteiger partial charge is 0.343 e. The number of aliphatic hydroxyl groups is 3. The molecule has 0 radical (unpaired) electrons. The Labute approximate surface area is 111 Å². The fourth-order valence-electron chi connectivity index (χ4n) is 1.64. The van der Waals surface area contributed by atoms with Crippen molar-refractivity contribution in [1.82, 2.24) is 5.32 Å².